The highest BCUT2D eigenvalue weighted by Crippen LogP contribution is 2.17. The van der Waals surface area contributed by atoms with E-state index in [0.29, 0.717) is 12.2 Å². The van der Waals surface area contributed by atoms with Crippen molar-refractivity contribution < 1.29 is 14.3 Å². The predicted octanol–water partition coefficient (Wildman–Crippen LogP) is 1.99. The largest absolute Gasteiger partial charge is 0.448 e. The van der Waals surface area contributed by atoms with Gasteiger partial charge in [0.2, 0.25) is 0 Å². The predicted molar refractivity (Wildman–Crippen MR) is 86.8 cm³/mol. The van der Waals surface area contributed by atoms with E-state index in [1.54, 1.807) is 13.1 Å². The SMILES string of the molecule is C[C@H](OC(=O)c1cc(-c2ccccc2)n[nH]1)C(=O)N(C)CCC#N. The van der Waals surface area contributed by atoms with Crippen molar-refractivity contribution in [1.29, 1.82) is 5.26 Å². The quantitative estimate of drug-likeness (QED) is 0.818. The molecule has 0 aliphatic heterocycles. The molecule has 1 amide bonds. The molecular weight excluding hydrogens is 308 g/mol. The third-order valence-electron chi connectivity index (χ3n) is 3.43. The Labute approximate surface area is 139 Å². The van der Waals surface area contributed by atoms with Crippen molar-refractivity contribution in [1.82, 2.24) is 15.1 Å². The molecule has 1 aromatic carbocycles. The van der Waals surface area contributed by atoms with Crippen LogP contribution in [0.1, 0.15) is 23.8 Å². The van der Waals surface area contributed by atoms with Gasteiger partial charge in [-0.1, -0.05) is 30.3 Å². The minimum absolute atomic E-state index is 0.174. The molecule has 7 nitrogen and oxygen atoms in total. The van der Waals surface area contributed by atoms with Crippen LogP contribution in [0.15, 0.2) is 36.4 Å². The molecule has 0 aliphatic carbocycles. The van der Waals surface area contributed by atoms with Crippen LogP contribution in [0.5, 0.6) is 0 Å². The zero-order valence-electron chi connectivity index (χ0n) is 13.5. The second-order valence-corrected chi connectivity index (χ2v) is 5.25. The van der Waals surface area contributed by atoms with Crippen LogP contribution < -0.4 is 0 Å². The summed E-state index contributed by atoms with van der Waals surface area (Å²) in [5.41, 5.74) is 1.66. The van der Waals surface area contributed by atoms with Crippen molar-refractivity contribution in [3.63, 3.8) is 0 Å². The van der Waals surface area contributed by atoms with E-state index in [1.165, 1.54) is 11.8 Å². The molecule has 2 rings (SSSR count). The fourth-order valence-corrected chi connectivity index (χ4v) is 2.10. The number of carbonyl (C=O) groups is 2. The molecule has 0 saturated carbocycles. The van der Waals surface area contributed by atoms with Gasteiger partial charge < -0.3 is 9.64 Å². The summed E-state index contributed by atoms with van der Waals surface area (Å²) < 4.78 is 5.16. The highest BCUT2D eigenvalue weighted by atomic mass is 16.5. The third kappa shape index (κ3) is 4.20. The fraction of sp³-hybridized carbons (Fsp3) is 0.294. The lowest BCUT2D eigenvalue weighted by molar-refractivity contribution is -0.138. The van der Waals surface area contributed by atoms with Gasteiger partial charge in [0.15, 0.2) is 6.10 Å². The smallest absolute Gasteiger partial charge is 0.357 e. The van der Waals surface area contributed by atoms with Crippen molar-refractivity contribution in [3.05, 3.63) is 42.1 Å². The summed E-state index contributed by atoms with van der Waals surface area (Å²) in [6.07, 6.45) is -0.714. The molecule has 0 aliphatic rings. The Morgan fingerprint density at radius 3 is 2.75 bits per heavy atom. The molecule has 1 N–H and O–H groups in total. The van der Waals surface area contributed by atoms with E-state index in [9.17, 15) is 9.59 Å². The van der Waals surface area contributed by atoms with Crippen molar-refractivity contribution in [2.24, 2.45) is 0 Å². The molecule has 7 heteroatoms. The van der Waals surface area contributed by atoms with Crippen LogP contribution >= 0.6 is 0 Å². The molecule has 0 fully saturated rings. The summed E-state index contributed by atoms with van der Waals surface area (Å²) in [7, 11) is 1.56. The average molecular weight is 326 g/mol. The normalized spacial score (nSPS) is 11.4. The Balaban J connectivity index is 1.99. The topological polar surface area (TPSA) is 99.1 Å². The van der Waals surface area contributed by atoms with E-state index in [-0.39, 0.29) is 18.0 Å². The van der Waals surface area contributed by atoms with Gasteiger partial charge in [-0.2, -0.15) is 10.4 Å². The number of nitrogens with one attached hydrogen (secondary N) is 1. The molecule has 2 aromatic rings. The zero-order valence-corrected chi connectivity index (χ0v) is 13.5. The van der Waals surface area contributed by atoms with Gasteiger partial charge in [0.1, 0.15) is 5.69 Å². The van der Waals surface area contributed by atoms with Gasteiger partial charge in [-0.05, 0) is 13.0 Å². The van der Waals surface area contributed by atoms with E-state index in [0.717, 1.165) is 5.56 Å². The van der Waals surface area contributed by atoms with E-state index in [4.69, 9.17) is 10.00 Å². The molecule has 24 heavy (non-hydrogen) atoms. The lowest BCUT2D eigenvalue weighted by Crippen LogP contribution is -2.37. The first-order chi connectivity index (χ1) is 11.5. The monoisotopic (exact) mass is 326 g/mol. The molecule has 1 heterocycles. The fourth-order valence-electron chi connectivity index (χ4n) is 2.10. The van der Waals surface area contributed by atoms with E-state index < -0.39 is 12.1 Å². The van der Waals surface area contributed by atoms with E-state index >= 15 is 0 Å². The maximum Gasteiger partial charge on any atom is 0.357 e. The number of nitrogens with zero attached hydrogens (tertiary/aromatic N) is 3. The van der Waals surface area contributed by atoms with Gasteiger partial charge in [0, 0.05) is 19.2 Å². The molecule has 0 radical (unpaired) electrons. The second-order valence-electron chi connectivity index (χ2n) is 5.25. The molecule has 0 bridgehead atoms. The number of hydrogen-bond acceptors (Lipinski definition) is 5. The lowest BCUT2D eigenvalue weighted by atomic mass is 10.1. The first kappa shape index (κ1) is 17.2. The van der Waals surface area contributed by atoms with Gasteiger partial charge >= 0.3 is 5.97 Å². The highest BCUT2D eigenvalue weighted by molar-refractivity contribution is 5.91. The Hall–Kier alpha value is -3.14. The van der Waals surface area contributed by atoms with Crippen LogP contribution in [0.3, 0.4) is 0 Å². The molecule has 124 valence electrons. The number of aromatic amines is 1. The van der Waals surface area contributed by atoms with Crippen LogP contribution in [-0.4, -0.2) is 46.7 Å². The first-order valence-electron chi connectivity index (χ1n) is 7.46. The highest BCUT2D eigenvalue weighted by Gasteiger charge is 2.23. The molecule has 0 saturated heterocycles. The second kappa shape index (κ2) is 7.92. The van der Waals surface area contributed by atoms with Crippen molar-refractivity contribution in [2.75, 3.05) is 13.6 Å². The van der Waals surface area contributed by atoms with Gasteiger partial charge in [-0.25, -0.2) is 4.79 Å². The summed E-state index contributed by atoms with van der Waals surface area (Å²) in [6.45, 7) is 1.79. The summed E-state index contributed by atoms with van der Waals surface area (Å²) in [5.74, 6) is -1.01. The number of amides is 1. The average Bonchev–Trinajstić information content (AvgIpc) is 3.10. The molecule has 1 aromatic heterocycles. The van der Waals surface area contributed by atoms with Gasteiger partial charge in [0.25, 0.3) is 5.91 Å². The number of nitriles is 1. The number of benzene rings is 1. The van der Waals surface area contributed by atoms with Gasteiger partial charge in [-0.3, -0.25) is 9.89 Å². The molecule has 0 spiro atoms. The van der Waals surface area contributed by atoms with Crippen LogP contribution in [0.4, 0.5) is 0 Å². The number of esters is 1. The summed E-state index contributed by atoms with van der Waals surface area (Å²) in [4.78, 5) is 25.5. The van der Waals surface area contributed by atoms with Gasteiger partial charge in [0.05, 0.1) is 18.2 Å². The molecule has 0 unspecified atom stereocenters. The Morgan fingerprint density at radius 2 is 2.08 bits per heavy atom. The molecule has 1 atom stereocenters. The van der Waals surface area contributed by atoms with Crippen molar-refractivity contribution in [3.8, 4) is 17.3 Å². The van der Waals surface area contributed by atoms with Crippen LogP contribution in [0.25, 0.3) is 11.3 Å². The first-order valence-corrected chi connectivity index (χ1v) is 7.46. The number of rotatable bonds is 6. The number of carbonyl (C=O) groups excluding carboxylic acids is 2. The van der Waals surface area contributed by atoms with E-state index in [2.05, 4.69) is 10.2 Å². The molecular formula is C17H18N4O3. The Bertz CT molecular complexity index is 749. The number of ether oxygens (including phenoxy) is 1. The van der Waals surface area contributed by atoms with Crippen LogP contribution in [-0.2, 0) is 9.53 Å². The maximum atomic E-state index is 12.1. The minimum Gasteiger partial charge on any atom is -0.448 e. The van der Waals surface area contributed by atoms with E-state index in [1.807, 2.05) is 36.4 Å². The number of aromatic nitrogens is 2. The Kier molecular flexibility index (Phi) is 5.68. The summed E-state index contributed by atoms with van der Waals surface area (Å²) >= 11 is 0. The third-order valence-corrected chi connectivity index (χ3v) is 3.43. The summed E-state index contributed by atoms with van der Waals surface area (Å²) in [6, 6.07) is 12.9. The van der Waals surface area contributed by atoms with Gasteiger partial charge in [-0.15, -0.1) is 0 Å². The summed E-state index contributed by atoms with van der Waals surface area (Å²) in [5, 5.41) is 15.2. The van der Waals surface area contributed by atoms with Crippen molar-refractivity contribution >= 4 is 11.9 Å². The number of likely N-dealkylation sites (N-methyl/N-ethyl adjacent to an activating group) is 1. The number of hydrogen-bond donors (Lipinski definition) is 1. The Morgan fingerprint density at radius 1 is 1.38 bits per heavy atom. The van der Waals surface area contributed by atoms with Crippen LogP contribution in [0, 0.1) is 11.3 Å². The van der Waals surface area contributed by atoms with Crippen molar-refractivity contribution in [2.45, 2.75) is 19.4 Å². The standard InChI is InChI=1S/C17H18N4O3/c1-12(16(22)21(2)10-6-9-18)24-17(23)15-11-14(19-20-15)13-7-4-3-5-8-13/h3-5,7-8,11-12H,6,10H2,1-2H3,(H,19,20)/t12-/m0/s1. The lowest BCUT2D eigenvalue weighted by Gasteiger charge is -2.20. The number of H-pyrrole nitrogens is 1. The zero-order chi connectivity index (χ0) is 17.5. The minimum atomic E-state index is -0.940. The van der Waals surface area contributed by atoms with Crippen LogP contribution in [0.2, 0.25) is 0 Å². The maximum absolute atomic E-state index is 12.1.